The van der Waals surface area contributed by atoms with E-state index in [0.29, 0.717) is 23.5 Å². The van der Waals surface area contributed by atoms with E-state index < -0.39 is 0 Å². The highest BCUT2D eigenvalue weighted by molar-refractivity contribution is 5.90. The standard InChI is InChI=1S/C19H29N3O/c1-7-22-16(17(23)19(4,5)6)13(11(2)3)14-15-12(21-18(14)22)9-8-10-20-15/h8-11,13-14,16,18,21H,7H2,1-6H3. The molecule has 126 valence electrons. The van der Waals surface area contributed by atoms with Gasteiger partial charge in [0.15, 0.2) is 5.78 Å². The first-order valence-corrected chi connectivity index (χ1v) is 8.79. The zero-order valence-corrected chi connectivity index (χ0v) is 15.1. The molecule has 2 aliphatic rings. The van der Waals surface area contributed by atoms with Gasteiger partial charge in [-0.2, -0.15) is 0 Å². The minimum Gasteiger partial charge on any atom is -0.367 e. The largest absolute Gasteiger partial charge is 0.367 e. The highest BCUT2D eigenvalue weighted by atomic mass is 16.1. The van der Waals surface area contributed by atoms with Crippen LogP contribution in [-0.4, -0.2) is 34.4 Å². The summed E-state index contributed by atoms with van der Waals surface area (Å²) in [6, 6.07) is 4.05. The number of aromatic nitrogens is 1. The molecule has 0 amide bonds. The second kappa shape index (κ2) is 5.59. The lowest BCUT2D eigenvalue weighted by molar-refractivity contribution is -0.132. The van der Waals surface area contributed by atoms with Crippen molar-refractivity contribution in [3.8, 4) is 0 Å². The number of carbonyl (C=O) groups excluding carboxylic acids is 1. The summed E-state index contributed by atoms with van der Waals surface area (Å²) in [6.07, 6.45) is 2.06. The van der Waals surface area contributed by atoms with Gasteiger partial charge >= 0.3 is 0 Å². The Kier molecular flexibility index (Phi) is 3.99. The number of carbonyl (C=O) groups is 1. The molecule has 1 fully saturated rings. The minimum absolute atomic E-state index is 0.0299. The maximum Gasteiger partial charge on any atom is 0.155 e. The molecule has 1 N–H and O–H groups in total. The Hall–Kier alpha value is -1.42. The number of hydrogen-bond donors (Lipinski definition) is 1. The fourth-order valence-electron chi connectivity index (χ4n) is 4.42. The maximum absolute atomic E-state index is 13.2. The van der Waals surface area contributed by atoms with Gasteiger partial charge < -0.3 is 5.32 Å². The molecule has 23 heavy (non-hydrogen) atoms. The average molecular weight is 315 g/mol. The summed E-state index contributed by atoms with van der Waals surface area (Å²) in [5.74, 6) is 1.38. The molecule has 0 radical (unpaired) electrons. The van der Waals surface area contributed by atoms with Crippen molar-refractivity contribution in [2.75, 3.05) is 11.9 Å². The number of fused-ring (bicyclic) bond motifs is 3. The van der Waals surface area contributed by atoms with Gasteiger partial charge in [-0.15, -0.1) is 0 Å². The number of ketones is 1. The van der Waals surface area contributed by atoms with E-state index in [-0.39, 0.29) is 17.6 Å². The van der Waals surface area contributed by atoms with Gasteiger partial charge in [-0.25, -0.2) is 0 Å². The number of pyridine rings is 1. The predicted molar refractivity (Wildman–Crippen MR) is 93.3 cm³/mol. The lowest BCUT2D eigenvalue weighted by atomic mass is 9.74. The third-order valence-corrected chi connectivity index (χ3v) is 5.43. The molecule has 4 unspecified atom stereocenters. The Morgan fingerprint density at radius 3 is 2.65 bits per heavy atom. The Labute approximate surface area is 139 Å². The third-order valence-electron chi connectivity index (χ3n) is 5.43. The number of rotatable bonds is 3. The minimum atomic E-state index is -0.323. The molecular formula is C19H29N3O. The summed E-state index contributed by atoms with van der Waals surface area (Å²) in [7, 11) is 0. The lowest BCUT2D eigenvalue weighted by Gasteiger charge is -2.35. The Morgan fingerprint density at radius 2 is 2.09 bits per heavy atom. The number of likely N-dealkylation sites (tertiary alicyclic amines) is 1. The van der Waals surface area contributed by atoms with Crippen molar-refractivity contribution in [1.29, 1.82) is 0 Å². The molecule has 4 heteroatoms. The van der Waals surface area contributed by atoms with Crippen LogP contribution >= 0.6 is 0 Å². The SMILES string of the molecule is CCN1C2Nc3cccnc3C2C(C(C)C)C1C(=O)C(C)(C)C. The Balaban J connectivity index is 2.07. The van der Waals surface area contributed by atoms with Crippen molar-refractivity contribution in [3.05, 3.63) is 24.0 Å². The van der Waals surface area contributed by atoms with E-state index in [9.17, 15) is 4.79 Å². The summed E-state index contributed by atoms with van der Waals surface area (Å²) < 4.78 is 0. The van der Waals surface area contributed by atoms with Crippen LogP contribution in [0.4, 0.5) is 5.69 Å². The van der Waals surface area contributed by atoms with E-state index in [1.165, 1.54) is 0 Å². The zero-order chi connectivity index (χ0) is 16.9. The molecule has 1 saturated heterocycles. The molecule has 2 aliphatic heterocycles. The third kappa shape index (κ3) is 2.47. The molecule has 0 aromatic carbocycles. The van der Waals surface area contributed by atoms with E-state index in [1.807, 2.05) is 33.0 Å². The van der Waals surface area contributed by atoms with Crippen molar-refractivity contribution >= 4 is 11.5 Å². The highest BCUT2D eigenvalue weighted by Gasteiger charge is 2.57. The number of likely N-dealkylation sites (N-methyl/N-ethyl adjacent to an activating group) is 1. The average Bonchev–Trinajstić information content (AvgIpc) is 2.98. The lowest BCUT2D eigenvalue weighted by Crippen LogP contribution is -2.49. The fourth-order valence-corrected chi connectivity index (χ4v) is 4.42. The van der Waals surface area contributed by atoms with Crippen LogP contribution in [0.25, 0.3) is 0 Å². The number of nitrogens with zero attached hydrogens (tertiary/aromatic N) is 2. The van der Waals surface area contributed by atoms with Gasteiger partial charge in [0.05, 0.1) is 23.6 Å². The first kappa shape index (κ1) is 16.4. The Bertz CT molecular complexity index is 605. The summed E-state index contributed by atoms with van der Waals surface area (Å²) in [5.41, 5.74) is 1.95. The number of hydrogen-bond acceptors (Lipinski definition) is 4. The van der Waals surface area contributed by atoms with Crippen molar-refractivity contribution in [2.24, 2.45) is 17.3 Å². The molecule has 1 aromatic heterocycles. The molecule has 0 aliphatic carbocycles. The van der Waals surface area contributed by atoms with Crippen LogP contribution in [-0.2, 0) is 4.79 Å². The maximum atomic E-state index is 13.2. The van der Waals surface area contributed by atoms with Gasteiger partial charge in [0.25, 0.3) is 0 Å². The second-order valence-electron chi connectivity index (χ2n) is 8.26. The molecule has 3 rings (SSSR count). The van der Waals surface area contributed by atoms with Crippen LogP contribution in [0.5, 0.6) is 0 Å². The van der Waals surface area contributed by atoms with Gasteiger partial charge in [0.2, 0.25) is 0 Å². The fraction of sp³-hybridized carbons (Fsp3) is 0.684. The molecule has 1 aromatic rings. The van der Waals surface area contributed by atoms with Crippen LogP contribution in [0.1, 0.15) is 53.2 Å². The van der Waals surface area contributed by atoms with Crippen LogP contribution in [0, 0.1) is 17.3 Å². The molecular weight excluding hydrogens is 286 g/mol. The normalized spacial score (nSPS) is 30.2. The monoisotopic (exact) mass is 315 g/mol. The topological polar surface area (TPSA) is 45.2 Å². The molecule has 3 heterocycles. The van der Waals surface area contributed by atoms with Crippen LogP contribution < -0.4 is 5.32 Å². The van der Waals surface area contributed by atoms with Crippen molar-refractivity contribution < 1.29 is 4.79 Å². The number of anilines is 1. The van der Waals surface area contributed by atoms with E-state index in [2.05, 4.69) is 42.0 Å². The van der Waals surface area contributed by atoms with Crippen LogP contribution in [0.15, 0.2) is 18.3 Å². The van der Waals surface area contributed by atoms with E-state index in [4.69, 9.17) is 0 Å². The quantitative estimate of drug-likeness (QED) is 0.927. The van der Waals surface area contributed by atoms with Crippen molar-refractivity contribution in [3.63, 3.8) is 0 Å². The van der Waals surface area contributed by atoms with Gasteiger partial charge in [-0.1, -0.05) is 41.5 Å². The van der Waals surface area contributed by atoms with Crippen molar-refractivity contribution in [1.82, 2.24) is 9.88 Å². The van der Waals surface area contributed by atoms with Gasteiger partial charge in [-0.05, 0) is 30.5 Å². The highest BCUT2D eigenvalue weighted by Crippen LogP contribution is 2.52. The summed E-state index contributed by atoms with van der Waals surface area (Å²) >= 11 is 0. The Morgan fingerprint density at radius 1 is 1.39 bits per heavy atom. The van der Waals surface area contributed by atoms with Gasteiger partial charge in [0, 0.05) is 17.5 Å². The molecule has 0 saturated carbocycles. The molecule has 4 atom stereocenters. The van der Waals surface area contributed by atoms with Crippen molar-refractivity contribution in [2.45, 2.75) is 59.7 Å². The molecule has 0 spiro atoms. The molecule has 4 nitrogen and oxygen atoms in total. The zero-order valence-electron chi connectivity index (χ0n) is 15.1. The van der Waals surface area contributed by atoms with Gasteiger partial charge in [0.1, 0.15) is 0 Å². The van der Waals surface area contributed by atoms with E-state index in [0.717, 1.165) is 17.9 Å². The number of Topliss-reactive ketones (excluding diaryl/α,β-unsaturated/α-hetero) is 1. The predicted octanol–water partition coefficient (Wildman–Crippen LogP) is 3.51. The summed E-state index contributed by atoms with van der Waals surface area (Å²) in [4.78, 5) is 20.2. The summed E-state index contributed by atoms with van der Waals surface area (Å²) in [6.45, 7) is 13.6. The first-order valence-electron chi connectivity index (χ1n) is 8.79. The van der Waals surface area contributed by atoms with Crippen LogP contribution in [0.3, 0.4) is 0 Å². The smallest absolute Gasteiger partial charge is 0.155 e. The summed E-state index contributed by atoms with van der Waals surface area (Å²) in [5, 5.41) is 3.63. The second-order valence-corrected chi connectivity index (χ2v) is 8.26. The van der Waals surface area contributed by atoms with Crippen LogP contribution in [0.2, 0.25) is 0 Å². The number of nitrogens with one attached hydrogen (secondary N) is 1. The first-order chi connectivity index (χ1) is 10.8. The van der Waals surface area contributed by atoms with E-state index in [1.54, 1.807) is 0 Å². The molecule has 0 bridgehead atoms. The van der Waals surface area contributed by atoms with Gasteiger partial charge in [-0.3, -0.25) is 14.7 Å². The van der Waals surface area contributed by atoms with E-state index >= 15 is 0 Å².